The number of hydrogen-bond acceptors (Lipinski definition) is 4. The van der Waals surface area contributed by atoms with E-state index in [0.717, 1.165) is 18.8 Å². The highest BCUT2D eigenvalue weighted by Crippen LogP contribution is 2.03. The van der Waals surface area contributed by atoms with Crippen molar-refractivity contribution in [2.45, 2.75) is 51.9 Å². The van der Waals surface area contributed by atoms with Crippen molar-refractivity contribution >= 4 is 11.8 Å². The lowest BCUT2D eigenvalue weighted by Crippen LogP contribution is -3.13. The normalized spacial score (nSPS) is 18.0. The number of nitrogens with one attached hydrogen (secondary N) is 3. The van der Waals surface area contributed by atoms with Crippen molar-refractivity contribution in [3.8, 4) is 0 Å². The monoisotopic (exact) mass is 432 g/mol. The lowest BCUT2D eigenvalue weighted by molar-refractivity contribution is -0.904. The summed E-state index contributed by atoms with van der Waals surface area (Å²) in [4.78, 5) is 38.8. The fraction of sp³-hybridized carbons (Fsp3) is 0.739. The fourth-order valence-electron chi connectivity index (χ4n) is 4.58. The van der Waals surface area contributed by atoms with Gasteiger partial charge in [0.25, 0.3) is 5.91 Å². The van der Waals surface area contributed by atoms with Crippen LogP contribution in [0, 0.1) is 6.92 Å². The first-order valence-corrected chi connectivity index (χ1v) is 12.1. The van der Waals surface area contributed by atoms with Gasteiger partial charge in [-0.2, -0.15) is 0 Å². The summed E-state index contributed by atoms with van der Waals surface area (Å²) in [6.07, 6.45) is 11.2. The third-order valence-corrected chi connectivity index (χ3v) is 6.55. The molecule has 8 heteroatoms. The first kappa shape index (κ1) is 23.6. The molecule has 2 aliphatic heterocycles. The molecule has 1 aromatic rings. The Labute approximate surface area is 186 Å². The Bertz CT molecular complexity index is 684. The number of amides is 2. The molecule has 3 N–H and O–H groups in total. The third-order valence-electron chi connectivity index (χ3n) is 6.55. The minimum Gasteiger partial charge on any atom is -0.350 e. The lowest BCUT2D eigenvalue weighted by Gasteiger charge is -2.28. The molecule has 2 aliphatic rings. The highest BCUT2D eigenvalue weighted by atomic mass is 16.2. The molecule has 0 unspecified atom stereocenters. The molecule has 172 valence electrons. The van der Waals surface area contributed by atoms with E-state index < -0.39 is 0 Å². The zero-order valence-electron chi connectivity index (χ0n) is 19.1. The smallest absolute Gasteiger partial charge is 0.274 e. The number of likely N-dealkylation sites (tertiary alicyclic amines) is 2. The second-order valence-corrected chi connectivity index (χ2v) is 9.06. The quantitative estimate of drug-likeness (QED) is 0.437. The highest BCUT2D eigenvalue weighted by molar-refractivity contribution is 5.92. The van der Waals surface area contributed by atoms with E-state index >= 15 is 0 Å². The minimum absolute atomic E-state index is 0.0227. The molecule has 0 aliphatic carbocycles. The summed E-state index contributed by atoms with van der Waals surface area (Å²) in [5, 5.41) is 3.05. The predicted molar refractivity (Wildman–Crippen MR) is 119 cm³/mol. The van der Waals surface area contributed by atoms with Gasteiger partial charge in [-0.1, -0.05) is 0 Å². The van der Waals surface area contributed by atoms with Crippen molar-refractivity contribution in [3.05, 3.63) is 23.8 Å². The Balaban J connectivity index is 1.47. The summed E-state index contributed by atoms with van der Waals surface area (Å²) >= 11 is 0. The lowest BCUT2D eigenvalue weighted by atomic mass is 10.1. The largest absolute Gasteiger partial charge is 0.350 e. The Kier molecular flexibility index (Phi) is 9.68. The Morgan fingerprint density at radius 2 is 1.55 bits per heavy atom. The van der Waals surface area contributed by atoms with Crippen LogP contribution in [-0.4, -0.2) is 85.6 Å². The maximum atomic E-state index is 13.0. The molecule has 0 aromatic carbocycles. The molecule has 8 nitrogen and oxygen atoms in total. The molecular formula is C23H40N6O2+2. The summed E-state index contributed by atoms with van der Waals surface area (Å²) in [7, 11) is 0. The second kappa shape index (κ2) is 12.7. The molecule has 31 heavy (non-hydrogen) atoms. The Morgan fingerprint density at radius 3 is 2.16 bits per heavy atom. The number of aryl methyl sites for hydroxylation is 1. The number of nitrogens with zero attached hydrogens (tertiary/aromatic N) is 3. The third kappa shape index (κ3) is 8.18. The summed E-state index contributed by atoms with van der Waals surface area (Å²) in [6, 6.07) is 0. The van der Waals surface area contributed by atoms with E-state index in [2.05, 4.69) is 15.3 Å². The number of quaternary nitrogens is 2. The van der Waals surface area contributed by atoms with E-state index in [4.69, 9.17) is 0 Å². The van der Waals surface area contributed by atoms with Gasteiger partial charge in [0, 0.05) is 19.2 Å². The molecule has 3 rings (SSSR count). The van der Waals surface area contributed by atoms with Gasteiger partial charge in [-0.15, -0.1) is 0 Å². The SMILES string of the molecule is Cc1cnc(C(=O)N(CCC(=O)NCC[NH+]2CCCCC2)CC[NH+]2CCCCC2)cn1. The zero-order valence-corrected chi connectivity index (χ0v) is 19.1. The van der Waals surface area contributed by atoms with E-state index in [1.54, 1.807) is 27.1 Å². The molecule has 1 aromatic heterocycles. The van der Waals surface area contributed by atoms with Crippen LogP contribution in [0.3, 0.4) is 0 Å². The van der Waals surface area contributed by atoms with Crippen LogP contribution in [0.15, 0.2) is 12.4 Å². The summed E-state index contributed by atoms with van der Waals surface area (Å²) < 4.78 is 0. The topological polar surface area (TPSA) is 84.1 Å². The Hall–Kier alpha value is -2.06. The molecule has 3 heterocycles. The van der Waals surface area contributed by atoms with E-state index in [9.17, 15) is 9.59 Å². The Morgan fingerprint density at radius 1 is 0.903 bits per heavy atom. The highest BCUT2D eigenvalue weighted by Gasteiger charge is 2.22. The van der Waals surface area contributed by atoms with Crippen LogP contribution in [0.2, 0.25) is 0 Å². The molecule has 2 amide bonds. The standard InChI is InChI=1S/C23H38N6O2/c1-20-18-26-21(19-25-20)23(31)29(17-16-28-12-6-3-7-13-28)14-8-22(30)24-9-15-27-10-4-2-5-11-27/h18-19H,2-17H2,1H3,(H,24,30)/p+2. The number of carbonyl (C=O) groups excluding carboxylic acids is 2. The number of carbonyl (C=O) groups is 2. The van der Waals surface area contributed by atoms with Crippen LogP contribution in [0.5, 0.6) is 0 Å². The van der Waals surface area contributed by atoms with Crippen LogP contribution in [0.4, 0.5) is 0 Å². The van der Waals surface area contributed by atoms with Gasteiger partial charge in [0.1, 0.15) is 5.69 Å². The van der Waals surface area contributed by atoms with Crippen LogP contribution in [0.25, 0.3) is 0 Å². The van der Waals surface area contributed by atoms with Gasteiger partial charge < -0.3 is 20.0 Å². The summed E-state index contributed by atoms with van der Waals surface area (Å²) in [5.74, 6) is -0.107. The van der Waals surface area contributed by atoms with Crippen molar-refractivity contribution in [1.29, 1.82) is 0 Å². The molecule has 0 spiro atoms. The van der Waals surface area contributed by atoms with Crippen molar-refractivity contribution in [2.24, 2.45) is 0 Å². The van der Waals surface area contributed by atoms with Crippen molar-refractivity contribution in [1.82, 2.24) is 20.2 Å². The first-order valence-electron chi connectivity index (χ1n) is 12.1. The van der Waals surface area contributed by atoms with Crippen LogP contribution in [-0.2, 0) is 4.79 Å². The molecule has 2 fully saturated rings. The second-order valence-electron chi connectivity index (χ2n) is 9.06. The minimum atomic E-state index is -0.130. The maximum absolute atomic E-state index is 13.0. The van der Waals surface area contributed by atoms with Gasteiger partial charge >= 0.3 is 0 Å². The number of piperidine rings is 2. The first-order chi connectivity index (χ1) is 15.1. The van der Waals surface area contributed by atoms with Crippen molar-refractivity contribution < 1.29 is 19.4 Å². The van der Waals surface area contributed by atoms with Gasteiger partial charge in [-0.3, -0.25) is 14.6 Å². The number of aromatic nitrogens is 2. The molecule has 0 radical (unpaired) electrons. The molecular weight excluding hydrogens is 392 g/mol. The molecule has 2 saturated heterocycles. The fourth-order valence-corrected chi connectivity index (χ4v) is 4.58. The van der Waals surface area contributed by atoms with Crippen LogP contribution in [0.1, 0.15) is 61.1 Å². The van der Waals surface area contributed by atoms with Gasteiger partial charge in [-0.05, 0) is 45.4 Å². The number of hydrogen-bond donors (Lipinski definition) is 3. The zero-order chi connectivity index (χ0) is 21.9. The van der Waals surface area contributed by atoms with Gasteiger partial charge in [0.15, 0.2) is 0 Å². The molecule has 0 atom stereocenters. The van der Waals surface area contributed by atoms with Gasteiger partial charge in [-0.25, -0.2) is 4.98 Å². The van der Waals surface area contributed by atoms with Crippen molar-refractivity contribution in [2.75, 3.05) is 58.9 Å². The molecule has 0 bridgehead atoms. The van der Waals surface area contributed by atoms with E-state index in [1.165, 1.54) is 64.7 Å². The van der Waals surface area contributed by atoms with E-state index in [0.29, 0.717) is 31.7 Å². The predicted octanol–water partition coefficient (Wildman–Crippen LogP) is -1.13. The van der Waals surface area contributed by atoms with Gasteiger partial charge in [0.05, 0.1) is 64.2 Å². The van der Waals surface area contributed by atoms with Gasteiger partial charge in [0.2, 0.25) is 5.91 Å². The average Bonchev–Trinajstić information content (AvgIpc) is 2.80. The van der Waals surface area contributed by atoms with E-state index in [1.807, 2.05) is 6.92 Å². The average molecular weight is 433 g/mol. The molecule has 0 saturated carbocycles. The van der Waals surface area contributed by atoms with Crippen LogP contribution >= 0.6 is 0 Å². The number of rotatable bonds is 10. The maximum Gasteiger partial charge on any atom is 0.274 e. The summed E-state index contributed by atoms with van der Waals surface area (Å²) in [6.45, 7) is 10.3. The summed E-state index contributed by atoms with van der Waals surface area (Å²) in [5.41, 5.74) is 1.14. The van der Waals surface area contributed by atoms with Crippen molar-refractivity contribution in [3.63, 3.8) is 0 Å². The van der Waals surface area contributed by atoms with E-state index in [-0.39, 0.29) is 11.8 Å². The van der Waals surface area contributed by atoms with Crippen LogP contribution < -0.4 is 15.1 Å².